The predicted octanol–water partition coefficient (Wildman–Crippen LogP) is 0.440. The Hall–Kier alpha value is -0.160. The van der Waals surface area contributed by atoms with Gasteiger partial charge in [-0.1, -0.05) is 13.8 Å². The molecule has 0 aromatic heterocycles. The topological polar surface area (TPSA) is 55.7 Å². The van der Waals surface area contributed by atoms with Gasteiger partial charge in [-0.05, 0) is 31.7 Å². The van der Waals surface area contributed by atoms with Crippen molar-refractivity contribution in [3.05, 3.63) is 0 Å². The fourth-order valence-electron chi connectivity index (χ4n) is 2.66. The summed E-state index contributed by atoms with van der Waals surface area (Å²) < 4.78 is 0. The van der Waals surface area contributed by atoms with E-state index in [0.29, 0.717) is 12.0 Å². The van der Waals surface area contributed by atoms with Gasteiger partial charge in [0.05, 0.1) is 12.7 Å². The van der Waals surface area contributed by atoms with Gasteiger partial charge in [-0.25, -0.2) is 0 Å². The Kier molecular flexibility index (Phi) is 7.04. The van der Waals surface area contributed by atoms with Crippen molar-refractivity contribution >= 4 is 0 Å². The molecule has 0 aromatic rings. The molecule has 1 rings (SSSR count). The molecule has 1 saturated heterocycles. The molecular formula is C13H28N2O2. The lowest BCUT2D eigenvalue weighted by molar-refractivity contribution is 0.0300. The average Bonchev–Trinajstić information content (AvgIpc) is 2.35. The van der Waals surface area contributed by atoms with Crippen LogP contribution in [0.25, 0.3) is 0 Å². The maximum atomic E-state index is 9.99. The highest BCUT2D eigenvalue weighted by Crippen LogP contribution is 2.21. The Morgan fingerprint density at radius 1 is 1.35 bits per heavy atom. The summed E-state index contributed by atoms with van der Waals surface area (Å²) in [5, 5.41) is 22.6. The zero-order chi connectivity index (χ0) is 12.7. The summed E-state index contributed by atoms with van der Waals surface area (Å²) in [4.78, 5) is 2.26. The third-order valence-corrected chi connectivity index (χ3v) is 3.62. The lowest BCUT2D eigenvalue weighted by Gasteiger charge is -2.39. The van der Waals surface area contributed by atoms with Gasteiger partial charge >= 0.3 is 0 Å². The number of aliphatic hydroxyl groups excluding tert-OH is 2. The Balaban J connectivity index is 2.49. The van der Waals surface area contributed by atoms with Crippen molar-refractivity contribution in [2.24, 2.45) is 5.92 Å². The van der Waals surface area contributed by atoms with Crippen molar-refractivity contribution < 1.29 is 10.2 Å². The van der Waals surface area contributed by atoms with E-state index in [1.807, 2.05) is 6.92 Å². The molecule has 1 aliphatic rings. The van der Waals surface area contributed by atoms with Gasteiger partial charge in [0.25, 0.3) is 0 Å². The van der Waals surface area contributed by atoms with Crippen LogP contribution in [0, 0.1) is 5.92 Å². The summed E-state index contributed by atoms with van der Waals surface area (Å²) in [7, 11) is 0. The average molecular weight is 244 g/mol. The largest absolute Gasteiger partial charge is 0.395 e. The fraction of sp³-hybridized carbons (Fsp3) is 1.00. The molecule has 0 aromatic carbocycles. The molecule has 0 radical (unpaired) electrons. The molecule has 3 unspecified atom stereocenters. The first-order valence-electron chi connectivity index (χ1n) is 6.95. The summed E-state index contributed by atoms with van der Waals surface area (Å²) in [5.74, 6) is 0.342. The highest BCUT2D eigenvalue weighted by molar-refractivity contribution is 4.86. The minimum atomic E-state index is -0.206. The number of rotatable bonds is 7. The number of β-amino-alcohol motifs (C(OH)–C–C–N with tert-alkyl or cyclic N) is 1. The van der Waals surface area contributed by atoms with Crippen LogP contribution in [0.3, 0.4) is 0 Å². The Labute approximate surface area is 105 Å². The number of hydrogen-bond acceptors (Lipinski definition) is 4. The smallest absolute Gasteiger partial charge is 0.0578 e. The molecular weight excluding hydrogens is 216 g/mol. The van der Waals surface area contributed by atoms with E-state index in [1.165, 1.54) is 0 Å². The number of aliphatic hydroxyl groups is 2. The van der Waals surface area contributed by atoms with Crippen LogP contribution in [-0.2, 0) is 0 Å². The number of piperidine rings is 1. The monoisotopic (exact) mass is 244 g/mol. The molecule has 1 aliphatic heterocycles. The van der Waals surface area contributed by atoms with Crippen LogP contribution in [0.4, 0.5) is 0 Å². The maximum Gasteiger partial charge on any atom is 0.0578 e. The molecule has 1 fully saturated rings. The van der Waals surface area contributed by atoms with Crippen LogP contribution >= 0.6 is 0 Å². The summed E-state index contributed by atoms with van der Waals surface area (Å²) in [6, 6.07) is 0.460. The highest BCUT2D eigenvalue weighted by Gasteiger charge is 2.30. The van der Waals surface area contributed by atoms with Gasteiger partial charge in [-0.3, -0.25) is 4.90 Å². The van der Waals surface area contributed by atoms with Gasteiger partial charge in [-0.2, -0.15) is 0 Å². The van der Waals surface area contributed by atoms with E-state index < -0.39 is 0 Å². The third kappa shape index (κ3) is 4.92. The molecule has 3 N–H and O–H groups in total. The van der Waals surface area contributed by atoms with E-state index in [1.54, 1.807) is 0 Å². The first kappa shape index (κ1) is 14.9. The molecule has 4 nitrogen and oxygen atoms in total. The van der Waals surface area contributed by atoms with E-state index in [4.69, 9.17) is 5.11 Å². The molecule has 0 amide bonds. The highest BCUT2D eigenvalue weighted by atomic mass is 16.3. The zero-order valence-electron chi connectivity index (χ0n) is 11.2. The fourth-order valence-corrected chi connectivity index (χ4v) is 2.66. The summed E-state index contributed by atoms with van der Waals surface area (Å²) in [6.45, 7) is 8.07. The quantitative estimate of drug-likeness (QED) is 0.608. The predicted molar refractivity (Wildman–Crippen MR) is 70.0 cm³/mol. The van der Waals surface area contributed by atoms with Crippen LogP contribution < -0.4 is 5.32 Å². The number of nitrogens with one attached hydrogen (secondary N) is 1. The van der Waals surface area contributed by atoms with Gasteiger partial charge in [0.2, 0.25) is 0 Å². The standard InChI is InChI=1S/C13H28N2O2/c1-3-5-14-12-8-11(13(17)4-2)9-15(10-12)6-7-16/h11-14,16-17H,3-10H2,1-2H3. The SMILES string of the molecule is CCCNC1CC(C(O)CC)CN(CCO)C1. The minimum absolute atomic E-state index is 0.204. The number of nitrogens with zero attached hydrogens (tertiary/aromatic N) is 1. The van der Waals surface area contributed by atoms with Gasteiger partial charge in [0.1, 0.15) is 0 Å². The second-order valence-corrected chi connectivity index (χ2v) is 5.11. The molecule has 0 aliphatic carbocycles. The van der Waals surface area contributed by atoms with Crippen molar-refractivity contribution in [2.45, 2.75) is 45.3 Å². The van der Waals surface area contributed by atoms with E-state index in [2.05, 4.69) is 17.1 Å². The second-order valence-electron chi connectivity index (χ2n) is 5.11. The molecule has 0 bridgehead atoms. The molecule has 3 atom stereocenters. The molecule has 4 heteroatoms. The van der Waals surface area contributed by atoms with Gasteiger partial charge in [0.15, 0.2) is 0 Å². The second kappa shape index (κ2) is 8.03. The molecule has 0 saturated carbocycles. The number of hydrogen-bond donors (Lipinski definition) is 3. The van der Waals surface area contributed by atoms with E-state index >= 15 is 0 Å². The molecule has 17 heavy (non-hydrogen) atoms. The van der Waals surface area contributed by atoms with Crippen molar-refractivity contribution in [2.75, 3.05) is 32.8 Å². The van der Waals surface area contributed by atoms with Crippen LogP contribution in [0.2, 0.25) is 0 Å². The number of likely N-dealkylation sites (tertiary alicyclic amines) is 1. The van der Waals surface area contributed by atoms with Crippen molar-refractivity contribution in [1.82, 2.24) is 10.2 Å². The lowest BCUT2D eigenvalue weighted by atomic mass is 9.88. The van der Waals surface area contributed by atoms with Crippen LogP contribution in [0.1, 0.15) is 33.1 Å². The van der Waals surface area contributed by atoms with Crippen molar-refractivity contribution in [3.8, 4) is 0 Å². The normalized spacial score (nSPS) is 28.2. The molecule has 1 heterocycles. The minimum Gasteiger partial charge on any atom is -0.395 e. The summed E-state index contributed by atoms with van der Waals surface area (Å²) in [5.41, 5.74) is 0. The Morgan fingerprint density at radius 2 is 2.12 bits per heavy atom. The van der Waals surface area contributed by atoms with E-state index in [-0.39, 0.29) is 12.7 Å². The first-order valence-corrected chi connectivity index (χ1v) is 6.95. The Bertz CT molecular complexity index is 202. The Morgan fingerprint density at radius 3 is 2.71 bits per heavy atom. The van der Waals surface area contributed by atoms with Gasteiger partial charge in [0, 0.05) is 25.7 Å². The first-order chi connectivity index (χ1) is 8.21. The summed E-state index contributed by atoms with van der Waals surface area (Å²) in [6.07, 6.45) is 2.80. The van der Waals surface area contributed by atoms with Crippen molar-refractivity contribution in [1.29, 1.82) is 0 Å². The zero-order valence-corrected chi connectivity index (χ0v) is 11.2. The van der Waals surface area contributed by atoms with Gasteiger partial charge in [-0.15, -0.1) is 0 Å². The van der Waals surface area contributed by atoms with E-state index in [0.717, 1.165) is 45.4 Å². The van der Waals surface area contributed by atoms with Crippen LogP contribution in [-0.4, -0.2) is 60.0 Å². The molecule has 0 spiro atoms. The van der Waals surface area contributed by atoms with E-state index in [9.17, 15) is 5.11 Å². The van der Waals surface area contributed by atoms with Crippen LogP contribution in [0.15, 0.2) is 0 Å². The molecule has 102 valence electrons. The van der Waals surface area contributed by atoms with Crippen molar-refractivity contribution in [3.63, 3.8) is 0 Å². The third-order valence-electron chi connectivity index (χ3n) is 3.62. The van der Waals surface area contributed by atoms with Gasteiger partial charge < -0.3 is 15.5 Å². The lowest BCUT2D eigenvalue weighted by Crippen LogP contribution is -2.52. The van der Waals surface area contributed by atoms with Crippen LogP contribution in [0.5, 0.6) is 0 Å². The summed E-state index contributed by atoms with van der Waals surface area (Å²) >= 11 is 0. The maximum absolute atomic E-state index is 9.99.